The molecule has 1 aliphatic carbocycles. The monoisotopic (exact) mass is 261 g/mol. The van der Waals surface area contributed by atoms with Gasteiger partial charge in [0, 0.05) is 6.42 Å². The number of benzene rings is 1. The highest BCUT2D eigenvalue weighted by molar-refractivity contribution is 6.09. The maximum absolute atomic E-state index is 12.9. The molecule has 1 saturated heterocycles. The van der Waals surface area contributed by atoms with Gasteiger partial charge in [-0.15, -0.1) is 0 Å². The molecule has 4 nitrogen and oxygen atoms in total. The first-order valence-corrected chi connectivity index (χ1v) is 6.47. The van der Waals surface area contributed by atoms with E-state index in [-0.39, 0.29) is 11.7 Å². The molecule has 1 aliphatic heterocycles. The van der Waals surface area contributed by atoms with Crippen molar-refractivity contribution in [2.45, 2.75) is 37.8 Å². The summed E-state index contributed by atoms with van der Waals surface area (Å²) in [5, 5.41) is 5.92. The molecule has 19 heavy (non-hydrogen) atoms. The minimum Gasteiger partial charge on any atom is -0.342 e. The summed E-state index contributed by atoms with van der Waals surface area (Å²) in [7, 11) is 0. The van der Waals surface area contributed by atoms with E-state index >= 15 is 0 Å². The molecule has 1 atom stereocenters. The second-order valence-electron chi connectivity index (χ2n) is 5.42. The highest BCUT2D eigenvalue weighted by Crippen LogP contribution is 2.24. The number of hydrogen-bond donors (Lipinski definition) is 2. The topological polar surface area (TPSA) is 53.5 Å². The highest BCUT2D eigenvalue weighted by atomic mass is 19.1. The molecule has 3 rings (SSSR count). The molecule has 1 heterocycles. The highest BCUT2D eigenvalue weighted by Gasteiger charge is 2.41. The van der Waals surface area contributed by atoms with E-state index in [1.807, 2.05) is 6.92 Å². The molecule has 1 amide bonds. The minimum absolute atomic E-state index is 0.0868. The van der Waals surface area contributed by atoms with Crippen molar-refractivity contribution in [1.82, 2.24) is 10.6 Å². The van der Waals surface area contributed by atoms with Crippen molar-refractivity contribution >= 4 is 11.9 Å². The fourth-order valence-electron chi connectivity index (χ4n) is 2.18. The third kappa shape index (κ3) is 2.59. The van der Waals surface area contributed by atoms with Gasteiger partial charge >= 0.3 is 0 Å². The van der Waals surface area contributed by atoms with Crippen LogP contribution in [0.15, 0.2) is 29.3 Å². The third-order valence-corrected chi connectivity index (χ3v) is 3.46. The molecule has 100 valence electrons. The number of aliphatic imine (C=N–C) groups is 1. The van der Waals surface area contributed by atoms with Crippen molar-refractivity contribution in [3.05, 3.63) is 35.6 Å². The zero-order chi connectivity index (χ0) is 13.5. The first kappa shape index (κ1) is 12.1. The largest absolute Gasteiger partial charge is 0.342 e. The Labute approximate surface area is 111 Å². The summed E-state index contributed by atoms with van der Waals surface area (Å²) in [6, 6.07) is 6.57. The third-order valence-electron chi connectivity index (χ3n) is 3.46. The van der Waals surface area contributed by atoms with E-state index in [1.54, 1.807) is 12.1 Å². The lowest BCUT2D eigenvalue weighted by Crippen LogP contribution is -2.45. The fraction of sp³-hybridized carbons (Fsp3) is 0.429. The Hall–Kier alpha value is -1.91. The van der Waals surface area contributed by atoms with E-state index in [0.29, 0.717) is 18.4 Å². The van der Waals surface area contributed by atoms with Crippen molar-refractivity contribution in [3.8, 4) is 0 Å². The molecule has 1 unspecified atom stereocenters. The summed E-state index contributed by atoms with van der Waals surface area (Å²) in [6.45, 7) is 1.83. The Balaban J connectivity index is 1.75. The van der Waals surface area contributed by atoms with Crippen LogP contribution in [0.25, 0.3) is 0 Å². The van der Waals surface area contributed by atoms with Crippen LogP contribution in [0.1, 0.15) is 25.3 Å². The van der Waals surface area contributed by atoms with Crippen LogP contribution in [0.4, 0.5) is 4.39 Å². The van der Waals surface area contributed by atoms with E-state index in [9.17, 15) is 9.18 Å². The summed E-state index contributed by atoms with van der Waals surface area (Å²) in [5.74, 6) is 0.210. The standard InChI is InChI=1S/C14H16FN3O/c1-14(8-9-2-4-10(15)5-3-9)12(19)17-13(18-14)16-11-6-7-11/h2-5,11H,6-8H2,1H3,(H2,16,17,18,19). The van der Waals surface area contributed by atoms with Crippen molar-refractivity contribution in [2.24, 2.45) is 4.99 Å². The van der Waals surface area contributed by atoms with Gasteiger partial charge in [-0.1, -0.05) is 12.1 Å². The first-order chi connectivity index (χ1) is 9.05. The van der Waals surface area contributed by atoms with Gasteiger partial charge < -0.3 is 5.32 Å². The summed E-state index contributed by atoms with van der Waals surface area (Å²) in [5.41, 5.74) is 0.199. The maximum atomic E-state index is 12.9. The number of carbonyl (C=O) groups is 1. The quantitative estimate of drug-likeness (QED) is 0.863. The van der Waals surface area contributed by atoms with Gasteiger partial charge in [0.15, 0.2) is 5.96 Å². The summed E-state index contributed by atoms with van der Waals surface area (Å²) < 4.78 is 12.9. The second-order valence-corrected chi connectivity index (χ2v) is 5.42. The molecule has 0 radical (unpaired) electrons. The average molecular weight is 261 g/mol. The van der Waals surface area contributed by atoms with E-state index in [4.69, 9.17) is 0 Å². The molecule has 2 aliphatic rings. The van der Waals surface area contributed by atoms with E-state index in [1.165, 1.54) is 12.1 Å². The molecule has 1 saturated carbocycles. The van der Waals surface area contributed by atoms with Gasteiger partial charge in [-0.2, -0.15) is 0 Å². The van der Waals surface area contributed by atoms with E-state index in [0.717, 1.165) is 18.4 Å². The zero-order valence-electron chi connectivity index (χ0n) is 10.7. The maximum Gasteiger partial charge on any atom is 0.252 e. The van der Waals surface area contributed by atoms with Crippen molar-refractivity contribution in [2.75, 3.05) is 0 Å². The summed E-state index contributed by atoms with van der Waals surface area (Å²) in [6.07, 6.45) is 2.69. The molecule has 0 bridgehead atoms. The second kappa shape index (κ2) is 4.33. The zero-order valence-corrected chi connectivity index (χ0v) is 10.7. The lowest BCUT2D eigenvalue weighted by molar-refractivity contribution is -0.123. The summed E-state index contributed by atoms with van der Waals surface area (Å²) >= 11 is 0. The Kier molecular flexibility index (Phi) is 2.77. The first-order valence-electron chi connectivity index (χ1n) is 6.47. The Morgan fingerprint density at radius 3 is 2.68 bits per heavy atom. The van der Waals surface area contributed by atoms with Crippen LogP contribution in [-0.2, 0) is 11.2 Å². The summed E-state index contributed by atoms with van der Waals surface area (Å²) in [4.78, 5) is 16.5. The van der Waals surface area contributed by atoms with Gasteiger partial charge in [-0.3, -0.25) is 10.1 Å². The van der Waals surface area contributed by atoms with Gasteiger partial charge in [0.2, 0.25) is 0 Å². The molecule has 0 aromatic heterocycles. The SMILES string of the molecule is CC1(Cc2ccc(F)cc2)NC(=NC2CC2)NC1=O. The van der Waals surface area contributed by atoms with Crippen molar-refractivity contribution in [1.29, 1.82) is 0 Å². The Morgan fingerprint density at radius 2 is 2.05 bits per heavy atom. The molecule has 1 aromatic rings. The van der Waals surface area contributed by atoms with Gasteiger partial charge in [0.05, 0.1) is 6.04 Å². The van der Waals surface area contributed by atoms with Crippen LogP contribution < -0.4 is 10.6 Å². The Morgan fingerprint density at radius 1 is 1.37 bits per heavy atom. The lowest BCUT2D eigenvalue weighted by Gasteiger charge is -2.21. The van der Waals surface area contributed by atoms with E-state index in [2.05, 4.69) is 15.6 Å². The lowest BCUT2D eigenvalue weighted by atomic mass is 9.93. The number of carbonyl (C=O) groups excluding carboxylic acids is 1. The van der Waals surface area contributed by atoms with E-state index < -0.39 is 5.54 Å². The van der Waals surface area contributed by atoms with Gasteiger partial charge in [0.1, 0.15) is 11.4 Å². The van der Waals surface area contributed by atoms with Crippen molar-refractivity contribution in [3.63, 3.8) is 0 Å². The van der Waals surface area contributed by atoms with Crippen LogP contribution in [0.5, 0.6) is 0 Å². The normalized spacial score (nSPS) is 28.3. The number of halogens is 1. The van der Waals surface area contributed by atoms with Gasteiger partial charge in [0.25, 0.3) is 5.91 Å². The van der Waals surface area contributed by atoms with Crippen molar-refractivity contribution < 1.29 is 9.18 Å². The molecule has 1 aromatic carbocycles. The predicted molar refractivity (Wildman–Crippen MR) is 70.2 cm³/mol. The van der Waals surface area contributed by atoms with Crippen LogP contribution in [0.2, 0.25) is 0 Å². The van der Waals surface area contributed by atoms with Crippen LogP contribution in [0, 0.1) is 5.82 Å². The van der Waals surface area contributed by atoms with Gasteiger partial charge in [-0.25, -0.2) is 9.38 Å². The van der Waals surface area contributed by atoms with Crippen LogP contribution in [-0.4, -0.2) is 23.4 Å². The minimum atomic E-state index is -0.717. The fourth-order valence-corrected chi connectivity index (χ4v) is 2.18. The predicted octanol–water partition coefficient (Wildman–Crippen LogP) is 1.36. The molecular weight excluding hydrogens is 245 g/mol. The molecular formula is C14H16FN3O. The van der Waals surface area contributed by atoms with Crippen LogP contribution >= 0.6 is 0 Å². The average Bonchev–Trinajstić information content (AvgIpc) is 3.11. The van der Waals surface area contributed by atoms with Crippen LogP contribution in [0.3, 0.4) is 0 Å². The number of rotatable bonds is 3. The Bertz CT molecular complexity index is 536. The molecule has 2 N–H and O–H groups in total. The smallest absolute Gasteiger partial charge is 0.252 e. The molecule has 2 fully saturated rings. The number of amides is 1. The van der Waals surface area contributed by atoms with Gasteiger partial charge in [-0.05, 0) is 37.5 Å². The number of hydrogen-bond acceptors (Lipinski definition) is 2. The number of nitrogens with one attached hydrogen (secondary N) is 2. The molecule has 5 heteroatoms. The number of nitrogens with zero attached hydrogens (tertiary/aromatic N) is 1. The number of guanidine groups is 1. The molecule has 0 spiro atoms.